The fraction of sp³-hybridized carbons (Fsp3) is 0.111. The predicted octanol–water partition coefficient (Wildman–Crippen LogP) is 1.12. The van der Waals surface area contributed by atoms with Crippen LogP contribution in [-0.2, 0) is 15.3 Å². The van der Waals surface area contributed by atoms with E-state index in [0.717, 1.165) is 10.6 Å². The van der Waals surface area contributed by atoms with Crippen molar-refractivity contribution in [1.82, 2.24) is 5.32 Å². The summed E-state index contributed by atoms with van der Waals surface area (Å²) in [6.45, 7) is 1.33. The molecule has 0 unspecified atom stereocenters. The Hall–Kier alpha value is -3.68. The van der Waals surface area contributed by atoms with Crippen molar-refractivity contribution in [3.63, 3.8) is 0 Å². The minimum absolute atomic E-state index is 0.0342. The average Bonchev–Trinajstić information content (AvgIpc) is 2.84. The smallest absolute Gasteiger partial charge is 0.289 e. The summed E-state index contributed by atoms with van der Waals surface area (Å²) in [5, 5.41) is 5.90. The molecule has 26 heavy (non-hydrogen) atoms. The zero-order valence-electron chi connectivity index (χ0n) is 13.9. The zero-order valence-corrected chi connectivity index (χ0v) is 13.9. The van der Waals surface area contributed by atoms with Crippen LogP contribution < -0.4 is 21.3 Å². The van der Waals surface area contributed by atoms with E-state index in [1.54, 1.807) is 24.3 Å². The Bertz CT molecular complexity index is 969. The van der Waals surface area contributed by atoms with E-state index in [9.17, 15) is 9.59 Å². The predicted molar refractivity (Wildman–Crippen MR) is 98.5 cm³/mol. The summed E-state index contributed by atoms with van der Waals surface area (Å²) in [6, 6.07) is 16.3. The van der Waals surface area contributed by atoms with Gasteiger partial charge in [0.1, 0.15) is 0 Å². The number of hydrogen-bond acceptors (Lipinski definition) is 7. The minimum atomic E-state index is -1.62. The van der Waals surface area contributed by atoms with Crippen molar-refractivity contribution in [1.29, 1.82) is 0 Å². The summed E-state index contributed by atoms with van der Waals surface area (Å²) >= 11 is 0. The first-order valence-corrected chi connectivity index (χ1v) is 8.00. The van der Waals surface area contributed by atoms with Gasteiger partial charge in [-0.25, -0.2) is 14.9 Å². The highest BCUT2D eigenvalue weighted by atomic mass is 16.2. The molecule has 2 aromatic carbocycles. The van der Waals surface area contributed by atoms with Gasteiger partial charge in [0, 0.05) is 18.2 Å². The normalized spacial score (nSPS) is 21.0. The van der Waals surface area contributed by atoms with E-state index in [4.69, 9.17) is 5.73 Å². The van der Waals surface area contributed by atoms with Crippen LogP contribution in [0.1, 0.15) is 12.5 Å². The van der Waals surface area contributed by atoms with Gasteiger partial charge in [-0.3, -0.25) is 14.9 Å². The van der Waals surface area contributed by atoms with E-state index >= 15 is 0 Å². The number of carbonyl (C=O) groups is 2. The lowest BCUT2D eigenvalue weighted by molar-refractivity contribution is -0.127. The lowest BCUT2D eigenvalue weighted by Gasteiger charge is -2.26. The first-order valence-electron chi connectivity index (χ1n) is 8.00. The quantitative estimate of drug-likeness (QED) is 0.715. The Morgan fingerprint density at radius 3 is 2.54 bits per heavy atom. The summed E-state index contributed by atoms with van der Waals surface area (Å²) < 4.78 is 0. The van der Waals surface area contributed by atoms with Crippen LogP contribution in [0.4, 0.5) is 11.4 Å². The first-order chi connectivity index (χ1) is 12.5. The average molecular weight is 348 g/mol. The molecule has 2 aliphatic rings. The topological polar surface area (TPSA) is 112 Å². The van der Waals surface area contributed by atoms with Gasteiger partial charge in [-0.15, -0.1) is 0 Å². The van der Waals surface area contributed by atoms with E-state index in [0.29, 0.717) is 11.3 Å². The highest BCUT2D eigenvalue weighted by molar-refractivity contribution is 6.24. The monoisotopic (exact) mass is 348 g/mol. The number of benzene rings is 2. The molecule has 130 valence electrons. The second-order valence-electron chi connectivity index (χ2n) is 5.92. The maximum Gasteiger partial charge on any atom is 0.289 e. The SMILES string of the molecule is CC(=O)N1C(=O)[C@@]2(N=C(N)NC(Nc3ccccc3)=N2)c2ccccc21. The molecule has 1 atom stereocenters. The van der Waals surface area contributed by atoms with Gasteiger partial charge >= 0.3 is 0 Å². The van der Waals surface area contributed by atoms with Crippen LogP contribution in [0.2, 0.25) is 0 Å². The summed E-state index contributed by atoms with van der Waals surface area (Å²) in [4.78, 5) is 35.0. The van der Waals surface area contributed by atoms with Crippen molar-refractivity contribution in [3.8, 4) is 0 Å². The van der Waals surface area contributed by atoms with Crippen molar-refractivity contribution in [2.45, 2.75) is 12.6 Å². The molecular formula is C18H16N6O2. The molecule has 0 aliphatic carbocycles. The molecule has 0 bridgehead atoms. The van der Waals surface area contributed by atoms with Crippen molar-refractivity contribution in [2.24, 2.45) is 15.7 Å². The number of nitrogens with one attached hydrogen (secondary N) is 2. The second-order valence-corrected chi connectivity index (χ2v) is 5.92. The van der Waals surface area contributed by atoms with Crippen LogP contribution >= 0.6 is 0 Å². The maximum atomic E-state index is 13.1. The number of para-hydroxylation sites is 2. The summed E-state index contributed by atoms with van der Waals surface area (Å²) in [5.41, 5.74) is 6.06. The molecule has 8 heteroatoms. The Kier molecular flexibility index (Phi) is 3.47. The molecule has 0 saturated carbocycles. The molecule has 4 rings (SSSR count). The first kappa shape index (κ1) is 15.8. The standard InChI is InChI=1S/C18H16N6O2/c1-11(25)24-14-10-6-5-9-13(14)18(15(24)26)22-16(19)21-17(23-18)20-12-7-3-2-4-8-12/h2-10H,1H3,(H4,19,20,21,22,23)/t18-/m1/s1. The van der Waals surface area contributed by atoms with E-state index < -0.39 is 17.5 Å². The molecule has 4 N–H and O–H groups in total. The molecule has 0 saturated heterocycles. The van der Waals surface area contributed by atoms with Crippen LogP contribution in [0, 0.1) is 0 Å². The third-order valence-electron chi connectivity index (χ3n) is 4.18. The van der Waals surface area contributed by atoms with Gasteiger partial charge in [-0.1, -0.05) is 36.4 Å². The maximum absolute atomic E-state index is 13.1. The van der Waals surface area contributed by atoms with E-state index in [2.05, 4.69) is 20.6 Å². The third-order valence-corrected chi connectivity index (χ3v) is 4.18. The number of amides is 2. The van der Waals surface area contributed by atoms with Crippen LogP contribution in [0.25, 0.3) is 0 Å². The number of carbonyl (C=O) groups excluding carboxylic acids is 2. The van der Waals surface area contributed by atoms with Crippen molar-refractivity contribution < 1.29 is 9.59 Å². The molecule has 1 spiro atoms. The molecule has 0 fully saturated rings. The Morgan fingerprint density at radius 2 is 1.81 bits per heavy atom. The van der Waals surface area contributed by atoms with Crippen LogP contribution in [0.15, 0.2) is 64.6 Å². The fourth-order valence-electron chi connectivity index (χ4n) is 3.13. The number of rotatable bonds is 1. The van der Waals surface area contributed by atoms with Gasteiger partial charge in [0.25, 0.3) is 11.6 Å². The van der Waals surface area contributed by atoms with Crippen molar-refractivity contribution in [3.05, 3.63) is 60.2 Å². The summed E-state index contributed by atoms with van der Waals surface area (Å²) in [7, 11) is 0. The highest BCUT2D eigenvalue weighted by Crippen LogP contribution is 2.44. The molecule has 0 aromatic heterocycles. The number of nitrogens with zero attached hydrogens (tertiary/aromatic N) is 3. The van der Waals surface area contributed by atoms with E-state index in [1.807, 2.05) is 30.3 Å². The number of nitrogens with two attached hydrogens (primary N) is 1. The van der Waals surface area contributed by atoms with Gasteiger partial charge in [0.2, 0.25) is 11.9 Å². The van der Waals surface area contributed by atoms with Crippen molar-refractivity contribution in [2.75, 3.05) is 10.2 Å². The lowest BCUT2D eigenvalue weighted by Crippen LogP contribution is -2.51. The number of imide groups is 1. The number of anilines is 2. The Morgan fingerprint density at radius 1 is 1.12 bits per heavy atom. The molecule has 2 aliphatic heterocycles. The third kappa shape index (κ3) is 2.31. The lowest BCUT2D eigenvalue weighted by atomic mass is 10.0. The number of fused-ring (bicyclic) bond motifs is 2. The summed E-state index contributed by atoms with van der Waals surface area (Å²) in [6.07, 6.45) is 0. The molecule has 0 radical (unpaired) electrons. The van der Waals surface area contributed by atoms with E-state index in [1.165, 1.54) is 6.92 Å². The Labute approximate surface area is 149 Å². The zero-order chi connectivity index (χ0) is 18.3. The van der Waals surface area contributed by atoms with Gasteiger partial charge in [0.05, 0.1) is 5.69 Å². The Balaban J connectivity index is 1.84. The molecular weight excluding hydrogens is 332 g/mol. The highest BCUT2D eigenvalue weighted by Gasteiger charge is 2.54. The second kappa shape index (κ2) is 5.69. The van der Waals surface area contributed by atoms with Gasteiger partial charge < -0.3 is 11.1 Å². The largest absolute Gasteiger partial charge is 0.370 e. The molecule has 2 amide bonds. The number of aliphatic imine (C=N–C) groups is 2. The van der Waals surface area contributed by atoms with Crippen LogP contribution in [-0.4, -0.2) is 23.7 Å². The van der Waals surface area contributed by atoms with Crippen LogP contribution in [0.3, 0.4) is 0 Å². The summed E-state index contributed by atoms with van der Waals surface area (Å²) in [5.74, 6) is -0.647. The van der Waals surface area contributed by atoms with Gasteiger partial charge in [-0.2, -0.15) is 0 Å². The minimum Gasteiger partial charge on any atom is -0.370 e. The van der Waals surface area contributed by atoms with Crippen LogP contribution in [0.5, 0.6) is 0 Å². The molecule has 8 nitrogen and oxygen atoms in total. The van der Waals surface area contributed by atoms with Crippen molar-refractivity contribution >= 4 is 35.1 Å². The van der Waals surface area contributed by atoms with Gasteiger partial charge in [-0.05, 0) is 18.2 Å². The number of guanidine groups is 2. The molecule has 2 aromatic rings. The van der Waals surface area contributed by atoms with E-state index in [-0.39, 0.29) is 11.9 Å². The molecule has 2 heterocycles. The number of hydrogen-bond donors (Lipinski definition) is 3. The van der Waals surface area contributed by atoms with Gasteiger partial charge in [0.15, 0.2) is 5.96 Å². The fourth-order valence-corrected chi connectivity index (χ4v) is 3.13.